The van der Waals surface area contributed by atoms with Crippen LogP contribution < -0.4 is 10.1 Å². The Hall–Kier alpha value is -2.93. The molecule has 140 valence electrons. The minimum absolute atomic E-state index is 0.0280. The molecular weight excluding hydrogens is 362 g/mol. The quantitative estimate of drug-likeness (QED) is 0.641. The molecule has 0 saturated heterocycles. The van der Waals surface area contributed by atoms with Crippen molar-refractivity contribution in [1.29, 1.82) is 0 Å². The summed E-state index contributed by atoms with van der Waals surface area (Å²) in [5.74, 6) is 0.803. The summed E-state index contributed by atoms with van der Waals surface area (Å²) < 4.78 is 12.4. The Labute approximate surface area is 162 Å². The summed E-state index contributed by atoms with van der Waals surface area (Å²) in [6, 6.07) is 13.4. The lowest BCUT2D eigenvalue weighted by Gasteiger charge is -2.07. The van der Waals surface area contributed by atoms with Gasteiger partial charge in [0, 0.05) is 5.69 Å². The standard InChI is InChI=1S/C20H21N3O3S/c1-13-4-8-17(9-5-13)25-12-19-22-23(20(27)26-19)11-18(24)21-16-7-6-14(2)15(3)10-16/h4-10H,11-12H2,1-3H3,(H,21,24). The van der Waals surface area contributed by atoms with E-state index >= 15 is 0 Å². The smallest absolute Gasteiger partial charge is 0.287 e. The Morgan fingerprint density at radius 1 is 1.15 bits per heavy atom. The van der Waals surface area contributed by atoms with Crippen LogP contribution in [-0.4, -0.2) is 15.7 Å². The molecule has 6 nitrogen and oxygen atoms in total. The van der Waals surface area contributed by atoms with Crippen molar-refractivity contribution in [1.82, 2.24) is 9.78 Å². The maximum absolute atomic E-state index is 12.3. The molecule has 1 heterocycles. The molecule has 0 bridgehead atoms. The Balaban J connectivity index is 1.60. The van der Waals surface area contributed by atoms with E-state index in [1.807, 2.05) is 63.2 Å². The summed E-state index contributed by atoms with van der Waals surface area (Å²) >= 11 is 5.14. The summed E-state index contributed by atoms with van der Waals surface area (Å²) in [5, 5.41) is 7.05. The van der Waals surface area contributed by atoms with Gasteiger partial charge >= 0.3 is 0 Å². The van der Waals surface area contributed by atoms with Crippen LogP contribution in [0.1, 0.15) is 22.6 Å². The van der Waals surface area contributed by atoms with Crippen LogP contribution >= 0.6 is 12.2 Å². The summed E-state index contributed by atoms with van der Waals surface area (Å²) in [5.41, 5.74) is 4.17. The number of anilines is 1. The van der Waals surface area contributed by atoms with Gasteiger partial charge in [0.25, 0.3) is 10.7 Å². The van der Waals surface area contributed by atoms with Crippen molar-refractivity contribution in [2.24, 2.45) is 0 Å². The van der Waals surface area contributed by atoms with Gasteiger partial charge < -0.3 is 14.5 Å². The van der Waals surface area contributed by atoms with Crippen LogP contribution in [0.25, 0.3) is 0 Å². The third kappa shape index (κ3) is 5.04. The second-order valence-corrected chi connectivity index (χ2v) is 6.72. The first kappa shape index (κ1) is 18.8. The van der Waals surface area contributed by atoms with E-state index in [4.69, 9.17) is 21.4 Å². The van der Waals surface area contributed by atoms with Crippen molar-refractivity contribution < 1.29 is 13.9 Å². The van der Waals surface area contributed by atoms with E-state index in [-0.39, 0.29) is 23.9 Å². The van der Waals surface area contributed by atoms with Gasteiger partial charge in [0.15, 0.2) is 6.61 Å². The molecule has 1 amide bonds. The van der Waals surface area contributed by atoms with Gasteiger partial charge in [-0.05, 0) is 68.4 Å². The molecule has 0 aliphatic carbocycles. The van der Waals surface area contributed by atoms with E-state index in [9.17, 15) is 4.79 Å². The molecule has 3 rings (SSSR count). The van der Waals surface area contributed by atoms with Crippen LogP contribution in [0.15, 0.2) is 46.9 Å². The topological polar surface area (TPSA) is 69.3 Å². The summed E-state index contributed by atoms with van der Waals surface area (Å²) in [7, 11) is 0. The first-order chi connectivity index (χ1) is 12.9. The predicted octanol–water partition coefficient (Wildman–Crippen LogP) is 4.35. The lowest BCUT2D eigenvalue weighted by molar-refractivity contribution is -0.117. The highest BCUT2D eigenvalue weighted by Crippen LogP contribution is 2.15. The van der Waals surface area contributed by atoms with Gasteiger partial charge in [-0.2, -0.15) is 0 Å². The summed E-state index contributed by atoms with van der Waals surface area (Å²) in [6.07, 6.45) is 0. The highest BCUT2D eigenvalue weighted by molar-refractivity contribution is 7.71. The van der Waals surface area contributed by atoms with Gasteiger partial charge in [0.05, 0.1) is 0 Å². The lowest BCUT2D eigenvalue weighted by atomic mass is 10.1. The molecule has 0 aliphatic heterocycles. The van der Waals surface area contributed by atoms with Gasteiger partial charge in [0.2, 0.25) is 5.91 Å². The number of carbonyl (C=O) groups is 1. The average Bonchev–Trinajstić information content (AvgIpc) is 2.97. The largest absolute Gasteiger partial charge is 0.484 e. The van der Waals surface area contributed by atoms with E-state index in [1.165, 1.54) is 10.2 Å². The fourth-order valence-electron chi connectivity index (χ4n) is 2.44. The molecule has 0 saturated carbocycles. The first-order valence-electron chi connectivity index (χ1n) is 8.54. The second kappa shape index (κ2) is 8.18. The van der Waals surface area contributed by atoms with Crippen LogP contribution in [0.3, 0.4) is 0 Å². The van der Waals surface area contributed by atoms with E-state index in [1.54, 1.807) is 0 Å². The zero-order chi connectivity index (χ0) is 19.4. The Bertz CT molecular complexity index is 1010. The third-order valence-corrected chi connectivity index (χ3v) is 4.41. The van der Waals surface area contributed by atoms with Crippen LogP contribution in [0.5, 0.6) is 5.75 Å². The molecule has 1 aromatic heterocycles. The zero-order valence-corrected chi connectivity index (χ0v) is 16.3. The zero-order valence-electron chi connectivity index (χ0n) is 15.5. The fourth-order valence-corrected chi connectivity index (χ4v) is 2.64. The number of aryl methyl sites for hydroxylation is 3. The molecule has 3 aromatic rings. The number of hydrogen-bond acceptors (Lipinski definition) is 5. The maximum Gasteiger partial charge on any atom is 0.287 e. The SMILES string of the molecule is Cc1ccc(OCc2nn(CC(=O)Nc3ccc(C)c(C)c3)c(=S)o2)cc1. The Morgan fingerprint density at radius 3 is 2.59 bits per heavy atom. The van der Waals surface area contributed by atoms with Crippen LogP contribution in [0, 0.1) is 25.6 Å². The number of benzene rings is 2. The molecular formula is C20H21N3O3S. The molecule has 0 aliphatic rings. The second-order valence-electron chi connectivity index (χ2n) is 6.37. The van der Waals surface area contributed by atoms with Gasteiger partial charge in [-0.25, -0.2) is 4.68 Å². The van der Waals surface area contributed by atoms with Gasteiger partial charge in [-0.1, -0.05) is 23.8 Å². The monoisotopic (exact) mass is 383 g/mol. The molecule has 0 radical (unpaired) electrons. The van der Waals surface area contributed by atoms with Crippen LogP contribution in [-0.2, 0) is 17.9 Å². The number of hydrogen-bond donors (Lipinski definition) is 1. The number of ether oxygens (including phenoxy) is 1. The van der Waals surface area contributed by atoms with Gasteiger partial charge in [-0.3, -0.25) is 4.79 Å². The molecule has 0 unspecified atom stereocenters. The fraction of sp³-hybridized carbons (Fsp3) is 0.250. The number of amides is 1. The molecule has 2 aromatic carbocycles. The van der Waals surface area contributed by atoms with Gasteiger partial charge in [-0.15, -0.1) is 5.10 Å². The number of rotatable bonds is 6. The predicted molar refractivity (Wildman–Crippen MR) is 105 cm³/mol. The van der Waals surface area contributed by atoms with Crippen molar-refractivity contribution in [2.45, 2.75) is 33.9 Å². The van der Waals surface area contributed by atoms with E-state index < -0.39 is 0 Å². The van der Waals surface area contributed by atoms with Crippen LogP contribution in [0.4, 0.5) is 5.69 Å². The molecule has 0 spiro atoms. The van der Waals surface area contributed by atoms with E-state index in [0.717, 1.165) is 16.8 Å². The summed E-state index contributed by atoms with van der Waals surface area (Å²) in [6.45, 7) is 6.14. The van der Waals surface area contributed by atoms with Crippen molar-refractivity contribution in [2.75, 3.05) is 5.32 Å². The molecule has 0 atom stereocenters. The van der Waals surface area contributed by atoms with Crippen molar-refractivity contribution in [3.05, 3.63) is 69.9 Å². The minimum atomic E-state index is -0.228. The highest BCUT2D eigenvalue weighted by Gasteiger charge is 2.11. The van der Waals surface area contributed by atoms with Crippen molar-refractivity contribution in [3.63, 3.8) is 0 Å². The first-order valence-corrected chi connectivity index (χ1v) is 8.95. The van der Waals surface area contributed by atoms with Gasteiger partial charge in [0.1, 0.15) is 12.3 Å². The lowest BCUT2D eigenvalue weighted by Crippen LogP contribution is -2.19. The molecule has 1 N–H and O–H groups in total. The maximum atomic E-state index is 12.3. The van der Waals surface area contributed by atoms with Crippen LogP contribution in [0.2, 0.25) is 0 Å². The number of nitrogens with zero attached hydrogens (tertiary/aromatic N) is 2. The Morgan fingerprint density at radius 2 is 1.89 bits per heavy atom. The third-order valence-electron chi connectivity index (χ3n) is 4.12. The van der Waals surface area contributed by atoms with Crippen molar-refractivity contribution >= 4 is 23.8 Å². The Kier molecular flexibility index (Phi) is 5.71. The summed E-state index contributed by atoms with van der Waals surface area (Å²) in [4.78, 5) is 12.4. The number of aromatic nitrogens is 2. The normalized spacial score (nSPS) is 10.6. The van der Waals surface area contributed by atoms with Crippen molar-refractivity contribution in [3.8, 4) is 5.75 Å². The number of carbonyl (C=O) groups excluding carboxylic acids is 1. The number of nitrogens with one attached hydrogen (secondary N) is 1. The average molecular weight is 383 g/mol. The minimum Gasteiger partial charge on any atom is -0.484 e. The van der Waals surface area contributed by atoms with E-state index in [0.29, 0.717) is 11.6 Å². The van der Waals surface area contributed by atoms with E-state index in [2.05, 4.69) is 10.4 Å². The molecule has 27 heavy (non-hydrogen) atoms. The highest BCUT2D eigenvalue weighted by atomic mass is 32.1. The molecule has 0 fully saturated rings. The molecule has 7 heteroatoms.